The van der Waals surface area contributed by atoms with Crippen molar-refractivity contribution in [2.45, 2.75) is 39.2 Å². The summed E-state index contributed by atoms with van der Waals surface area (Å²) in [4.78, 5) is 12.1. The van der Waals surface area contributed by atoms with E-state index in [1.54, 1.807) is 18.2 Å². The Morgan fingerprint density at radius 2 is 2.00 bits per heavy atom. The average Bonchev–Trinajstić information content (AvgIpc) is 2.32. The zero-order valence-electron chi connectivity index (χ0n) is 10.5. The van der Waals surface area contributed by atoms with E-state index in [1.165, 1.54) is 0 Å². The standard InChI is InChI=1S/C13H19ClN2O/c1-4-13(3,5-2)16-12(17)9-7-6-8-10(15)11(9)14/h6-8H,4-5,15H2,1-3H3,(H,16,17). The molecule has 0 unspecified atom stereocenters. The third-order valence-corrected chi connectivity index (χ3v) is 3.67. The van der Waals surface area contributed by atoms with Gasteiger partial charge in [0.1, 0.15) is 0 Å². The molecule has 0 aliphatic carbocycles. The minimum absolute atomic E-state index is 0.173. The summed E-state index contributed by atoms with van der Waals surface area (Å²) in [6.07, 6.45) is 1.74. The van der Waals surface area contributed by atoms with Crippen molar-refractivity contribution in [3.05, 3.63) is 28.8 Å². The zero-order valence-corrected chi connectivity index (χ0v) is 11.3. The fraction of sp³-hybridized carbons (Fsp3) is 0.462. The molecule has 4 heteroatoms. The second-order valence-corrected chi connectivity index (χ2v) is 4.81. The van der Waals surface area contributed by atoms with Crippen LogP contribution in [-0.2, 0) is 0 Å². The molecule has 1 aromatic carbocycles. The zero-order chi connectivity index (χ0) is 13.1. The molecular weight excluding hydrogens is 236 g/mol. The van der Waals surface area contributed by atoms with E-state index in [-0.39, 0.29) is 11.4 Å². The Morgan fingerprint density at radius 3 is 2.53 bits per heavy atom. The van der Waals surface area contributed by atoms with Crippen LogP contribution in [0.4, 0.5) is 5.69 Å². The van der Waals surface area contributed by atoms with Gasteiger partial charge in [-0.1, -0.05) is 31.5 Å². The first-order valence-electron chi connectivity index (χ1n) is 5.80. The van der Waals surface area contributed by atoms with E-state index in [0.29, 0.717) is 16.3 Å². The summed E-state index contributed by atoms with van der Waals surface area (Å²) in [7, 11) is 0. The minimum atomic E-state index is -0.203. The van der Waals surface area contributed by atoms with E-state index >= 15 is 0 Å². The fourth-order valence-electron chi connectivity index (χ4n) is 1.49. The van der Waals surface area contributed by atoms with Crippen molar-refractivity contribution in [2.75, 3.05) is 5.73 Å². The number of carbonyl (C=O) groups is 1. The van der Waals surface area contributed by atoms with Gasteiger partial charge in [0.25, 0.3) is 5.91 Å². The summed E-state index contributed by atoms with van der Waals surface area (Å²) in [5.74, 6) is -0.173. The molecule has 0 aliphatic heterocycles. The normalized spacial score (nSPS) is 11.3. The fourth-order valence-corrected chi connectivity index (χ4v) is 1.71. The van der Waals surface area contributed by atoms with Crippen LogP contribution < -0.4 is 11.1 Å². The number of nitrogens with two attached hydrogens (primary N) is 1. The molecule has 0 radical (unpaired) electrons. The number of amides is 1. The first kappa shape index (κ1) is 13.8. The molecule has 3 N–H and O–H groups in total. The molecule has 1 rings (SSSR count). The molecule has 0 saturated carbocycles. The van der Waals surface area contributed by atoms with E-state index in [4.69, 9.17) is 17.3 Å². The molecule has 0 aliphatic rings. The number of benzene rings is 1. The maximum absolute atomic E-state index is 12.1. The van der Waals surface area contributed by atoms with Gasteiger partial charge in [0.15, 0.2) is 0 Å². The molecule has 0 spiro atoms. The summed E-state index contributed by atoms with van der Waals surface area (Å²) in [6, 6.07) is 5.09. The predicted octanol–water partition coefficient (Wildman–Crippen LogP) is 3.23. The maximum atomic E-state index is 12.1. The van der Waals surface area contributed by atoms with Crippen LogP contribution in [0, 0.1) is 0 Å². The highest BCUT2D eigenvalue weighted by Gasteiger charge is 2.23. The topological polar surface area (TPSA) is 55.1 Å². The summed E-state index contributed by atoms with van der Waals surface area (Å²) in [5, 5.41) is 3.32. The number of hydrogen-bond donors (Lipinski definition) is 2. The summed E-state index contributed by atoms with van der Waals surface area (Å²) >= 11 is 6.02. The van der Waals surface area contributed by atoms with Crippen LogP contribution in [0.2, 0.25) is 5.02 Å². The molecule has 1 aromatic rings. The van der Waals surface area contributed by atoms with Crippen LogP contribution in [0.1, 0.15) is 44.0 Å². The van der Waals surface area contributed by atoms with Gasteiger partial charge >= 0.3 is 0 Å². The van der Waals surface area contributed by atoms with E-state index in [9.17, 15) is 4.79 Å². The Labute approximate surface area is 107 Å². The highest BCUT2D eigenvalue weighted by molar-refractivity contribution is 6.36. The van der Waals surface area contributed by atoms with E-state index < -0.39 is 0 Å². The Kier molecular flexibility index (Phi) is 4.40. The predicted molar refractivity (Wildman–Crippen MR) is 72.3 cm³/mol. The van der Waals surface area contributed by atoms with Gasteiger partial charge in [0.05, 0.1) is 16.3 Å². The van der Waals surface area contributed by atoms with Crippen molar-refractivity contribution in [1.82, 2.24) is 5.32 Å². The van der Waals surface area contributed by atoms with Crippen molar-refractivity contribution in [1.29, 1.82) is 0 Å². The SMILES string of the molecule is CCC(C)(CC)NC(=O)c1cccc(N)c1Cl. The van der Waals surface area contributed by atoms with Gasteiger partial charge in [-0.15, -0.1) is 0 Å². The van der Waals surface area contributed by atoms with Gasteiger partial charge in [-0.25, -0.2) is 0 Å². The number of carbonyl (C=O) groups excluding carboxylic acids is 1. The first-order valence-corrected chi connectivity index (χ1v) is 6.18. The van der Waals surface area contributed by atoms with Gasteiger partial charge in [0, 0.05) is 5.54 Å². The molecule has 0 fully saturated rings. The Bertz CT molecular complexity index is 414. The van der Waals surface area contributed by atoms with Crippen molar-refractivity contribution in [2.24, 2.45) is 0 Å². The number of nitrogens with one attached hydrogen (secondary N) is 1. The molecule has 0 atom stereocenters. The number of anilines is 1. The summed E-state index contributed by atoms with van der Waals surface area (Å²) in [5.41, 5.74) is 6.33. The molecular formula is C13H19ClN2O. The molecule has 94 valence electrons. The highest BCUT2D eigenvalue weighted by atomic mass is 35.5. The lowest BCUT2D eigenvalue weighted by atomic mass is 9.95. The quantitative estimate of drug-likeness (QED) is 0.811. The molecule has 0 aromatic heterocycles. The maximum Gasteiger partial charge on any atom is 0.253 e. The number of rotatable bonds is 4. The third-order valence-electron chi connectivity index (χ3n) is 3.25. The molecule has 3 nitrogen and oxygen atoms in total. The molecule has 0 heterocycles. The largest absolute Gasteiger partial charge is 0.398 e. The monoisotopic (exact) mass is 254 g/mol. The van der Waals surface area contributed by atoms with Crippen LogP contribution in [-0.4, -0.2) is 11.4 Å². The van der Waals surface area contributed by atoms with Crippen LogP contribution in [0.25, 0.3) is 0 Å². The number of hydrogen-bond acceptors (Lipinski definition) is 2. The third kappa shape index (κ3) is 3.13. The van der Waals surface area contributed by atoms with E-state index in [1.807, 2.05) is 20.8 Å². The minimum Gasteiger partial charge on any atom is -0.398 e. The van der Waals surface area contributed by atoms with Gasteiger partial charge in [0.2, 0.25) is 0 Å². The van der Waals surface area contributed by atoms with Crippen molar-refractivity contribution < 1.29 is 4.79 Å². The number of nitrogen functional groups attached to an aromatic ring is 1. The first-order chi connectivity index (χ1) is 7.93. The number of halogens is 1. The van der Waals surface area contributed by atoms with Crippen LogP contribution in [0.5, 0.6) is 0 Å². The van der Waals surface area contributed by atoms with Crippen molar-refractivity contribution >= 4 is 23.2 Å². The molecule has 1 amide bonds. The second-order valence-electron chi connectivity index (χ2n) is 4.43. The van der Waals surface area contributed by atoms with Crippen molar-refractivity contribution in [3.8, 4) is 0 Å². The molecule has 0 saturated heterocycles. The molecule has 17 heavy (non-hydrogen) atoms. The second kappa shape index (κ2) is 5.41. The average molecular weight is 255 g/mol. The molecule has 0 bridgehead atoms. The lowest BCUT2D eigenvalue weighted by molar-refractivity contribution is 0.0901. The van der Waals surface area contributed by atoms with Crippen LogP contribution >= 0.6 is 11.6 Å². The Balaban J connectivity index is 2.94. The van der Waals surface area contributed by atoms with Crippen molar-refractivity contribution in [3.63, 3.8) is 0 Å². The van der Waals surface area contributed by atoms with Gasteiger partial charge in [-0.3, -0.25) is 4.79 Å². The highest BCUT2D eigenvalue weighted by Crippen LogP contribution is 2.24. The lowest BCUT2D eigenvalue weighted by Crippen LogP contribution is -2.45. The smallest absolute Gasteiger partial charge is 0.253 e. The summed E-state index contributed by atoms with van der Waals surface area (Å²) in [6.45, 7) is 6.11. The van der Waals surface area contributed by atoms with Crippen LogP contribution in [0.3, 0.4) is 0 Å². The van der Waals surface area contributed by atoms with Gasteiger partial charge in [-0.05, 0) is 31.9 Å². The Hall–Kier alpha value is -1.22. The lowest BCUT2D eigenvalue weighted by Gasteiger charge is -2.28. The van der Waals surface area contributed by atoms with Crippen LogP contribution in [0.15, 0.2) is 18.2 Å². The van der Waals surface area contributed by atoms with Gasteiger partial charge in [-0.2, -0.15) is 0 Å². The van der Waals surface area contributed by atoms with E-state index in [2.05, 4.69) is 5.32 Å². The van der Waals surface area contributed by atoms with E-state index in [0.717, 1.165) is 12.8 Å². The summed E-state index contributed by atoms with van der Waals surface area (Å²) < 4.78 is 0. The Morgan fingerprint density at radius 1 is 1.41 bits per heavy atom. The van der Waals surface area contributed by atoms with Gasteiger partial charge < -0.3 is 11.1 Å².